The van der Waals surface area contributed by atoms with Gasteiger partial charge in [-0.25, -0.2) is 0 Å². The summed E-state index contributed by atoms with van der Waals surface area (Å²) in [5.41, 5.74) is 27.7. The fraction of sp³-hybridized carbons (Fsp3) is 0.215. The minimum atomic E-state index is -3.27. The van der Waals surface area contributed by atoms with Gasteiger partial charge in [0, 0.05) is 67.1 Å². The molecule has 0 radical (unpaired) electrons. The van der Waals surface area contributed by atoms with Crippen LogP contribution in [0.25, 0.3) is 66.4 Å². The third-order valence-electron chi connectivity index (χ3n) is 22.2. The first-order chi connectivity index (χ1) is 42.5. The van der Waals surface area contributed by atoms with E-state index in [0.29, 0.717) is 0 Å². The molecule has 0 amide bonds. The molecule has 0 atom stereocenters. The summed E-state index contributed by atoms with van der Waals surface area (Å²) in [5, 5.41) is 15.0. The van der Waals surface area contributed by atoms with Crippen molar-refractivity contribution in [2.75, 3.05) is 0 Å². The van der Waals surface area contributed by atoms with Crippen LogP contribution in [0.4, 0.5) is 0 Å². The lowest BCUT2D eigenvalue weighted by atomic mass is 9.36. The molecule has 13 aromatic rings. The minimum absolute atomic E-state index is 0.0148. The van der Waals surface area contributed by atoms with Crippen LogP contribution in [0.5, 0.6) is 0 Å². The van der Waals surface area contributed by atoms with Crippen molar-refractivity contribution in [1.29, 1.82) is 0 Å². The number of aromatic nitrogens is 4. The fourth-order valence-corrected chi connectivity index (χ4v) is 27.9. The van der Waals surface area contributed by atoms with Gasteiger partial charge < -0.3 is 18.3 Å². The van der Waals surface area contributed by atoms with Crippen molar-refractivity contribution in [3.8, 4) is 22.7 Å². The van der Waals surface area contributed by atoms with Gasteiger partial charge in [-0.2, -0.15) is 0 Å². The zero-order chi connectivity index (χ0) is 56.6. The average molecular weight is 1140 g/mol. The molecule has 0 N–H and O–H groups in total. The summed E-state index contributed by atoms with van der Waals surface area (Å²) in [7, 11) is -6.03. The maximum absolute atomic E-state index is 3.27. The number of para-hydroxylation sites is 4. The highest BCUT2D eigenvalue weighted by atomic mass is 28.3. The summed E-state index contributed by atoms with van der Waals surface area (Å²) in [5.74, 6) is 0. The Morgan fingerprint density at radius 3 is 1.29 bits per heavy atom. The first-order valence-electron chi connectivity index (χ1n) is 32.6. The summed E-state index contributed by atoms with van der Waals surface area (Å²) in [6, 6.07) is 80.7. The van der Waals surface area contributed by atoms with Crippen LogP contribution in [-0.4, -0.2) is 41.1 Å². The van der Waals surface area contributed by atoms with E-state index < -0.39 is 16.1 Å². The zero-order valence-electron chi connectivity index (χ0n) is 49.5. The van der Waals surface area contributed by atoms with Crippen LogP contribution >= 0.6 is 0 Å². The van der Waals surface area contributed by atoms with Gasteiger partial charge in [0.2, 0.25) is 6.71 Å². The SMILES string of the molecule is C[Si]1(C)c2cc(-n3c4c(c5ccccc53)CCCCC4)cc3c2B(c2ccc(-n4c5c(c6ccccc64)CCCC5)cc2[Si]3(c2ccccc2)c2ccccc2)c2cc(-n3c4c(c5ccccc53)CCC4)cc(-n3c4c(c5ccccc53)CCC4)c21. The number of fused-ring (bicyclic) bond motifs is 16. The van der Waals surface area contributed by atoms with Gasteiger partial charge in [0.25, 0.3) is 0 Å². The lowest BCUT2D eigenvalue weighted by Crippen LogP contribution is -2.92. The van der Waals surface area contributed by atoms with Crippen molar-refractivity contribution in [1.82, 2.24) is 18.3 Å². The van der Waals surface area contributed by atoms with E-state index in [0.717, 1.165) is 51.4 Å². The maximum atomic E-state index is 2.83. The quantitative estimate of drug-likeness (QED) is 0.117. The lowest BCUT2D eigenvalue weighted by Gasteiger charge is -2.49. The number of nitrogens with zero attached hydrogens (tertiary/aromatic N) is 4. The topological polar surface area (TPSA) is 19.7 Å². The Hall–Kier alpha value is -8.36. The summed E-state index contributed by atoms with van der Waals surface area (Å²) in [6.07, 6.45) is 17.6. The molecule has 0 saturated carbocycles. The molecule has 0 saturated heterocycles. The zero-order valence-corrected chi connectivity index (χ0v) is 51.5. The minimum Gasteiger partial charge on any atom is -0.313 e. The number of hydrogen-bond donors (Lipinski definition) is 0. The van der Waals surface area contributed by atoms with E-state index in [1.807, 2.05) is 0 Å². The highest BCUT2D eigenvalue weighted by Gasteiger charge is 2.56. The highest BCUT2D eigenvalue weighted by molar-refractivity contribution is 7.29. The van der Waals surface area contributed by atoms with Gasteiger partial charge in [-0.1, -0.05) is 181 Å². The van der Waals surface area contributed by atoms with Gasteiger partial charge in [0.05, 0.1) is 22.1 Å². The van der Waals surface area contributed by atoms with E-state index in [1.165, 1.54) is 161 Å². The third-order valence-corrected chi connectivity index (χ3v) is 30.7. The molecule has 0 unspecified atom stereocenters. The van der Waals surface area contributed by atoms with Gasteiger partial charge in [-0.05, 0) is 199 Å². The molecule has 86 heavy (non-hydrogen) atoms. The monoisotopic (exact) mass is 1140 g/mol. The molecule has 0 fully saturated rings. The van der Waals surface area contributed by atoms with E-state index >= 15 is 0 Å². The van der Waals surface area contributed by atoms with Gasteiger partial charge in [-0.3, -0.25) is 0 Å². The second kappa shape index (κ2) is 18.6. The largest absolute Gasteiger partial charge is 0.313 e. The maximum Gasteiger partial charge on any atom is 0.240 e. The molecular weight excluding hydrogens is 1070 g/mol. The Kier molecular flexibility index (Phi) is 10.8. The molecule has 4 aromatic heterocycles. The Bertz CT molecular complexity index is 4990. The van der Waals surface area contributed by atoms with Gasteiger partial charge in [0.1, 0.15) is 8.07 Å². The van der Waals surface area contributed by atoms with E-state index in [1.54, 1.807) is 43.3 Å². The molecule has 9 aromatic carbocycles. The van der Waals surface area contributed by atoms with Crippen molar-refractivity contribution in [3.05, 3.63) is 245 Å². The number of aryl methyl sites for hydroxylation is 4. The smallest absolute Gasteiger partial charge is 0.240 e. The van der Waals surface area contributed by atoms with Crippen molar-refractivity contribution < 1.29 is 0 Å². The number of rotatable bonds is 6. The van der Waals surface area contributed by atoms with Crippen molar-refractivity contribution in [2.24, 2.45) is 0 Å². The predicted molar refractivity (Wildman–Crippen MR) is 367 cm³/mol. The summed E-state index contributed by atoms with van der Waals surface area (Å²) >= 11 is 0. The first kappa shape index (κ1) is 49.9. The number of hydrogen-bond acceptors (Lipinski definition) is 0. The van der Waals surface area contributed by atoms with Crippen molar-refractivity contribution in [3.63, 3.8) is 0 Å². The molecule has 4 aliphatic carbocycles. The molecule has 2 aliphatic heterocycles. The molecule has 7 heteroatoms. The molecular formula is C79H69BN4Si2. The van der Waals surface area contributed by atoms with Gasteiger partial charge in [-0.15, -0.1) is 0 Å². The average Bonchev–Trinajstić information content (AvgIpc) is 0.824. The van der Waals surface area contributed by atoms with E-state index in [2.05, 4.69) is 232 Å². The Morgan fingerprint density at radius 1 is 0.326 bits per heavy atom. The standard InChI is InChI=1S/C79H69BN4Si2/c1-85(2)76-49-53(83-68-36-11-5-10-28-56(68)59-31-14-20-40-70(59)83)50-77-78(76)80(65-46-52(82-69-39-19-15-32-60(69)62-34-22-42-71(62)82)47-74(79(65)85)84-72-41-21-16-33-61(72)63-35-23-43-73(63)84)64-45-44-51(81-66-37-17-12-29-57(66)58-30-13-18-38-67(58)81)48-75(64)86(77,54-24-6-3-7-25-54)55-26-8-4-9-27-55/h3-4,6-9,12,14-17,19-21,24-27,29,31-33,37,39-41,44-50H,5,10-11,13,18,22-23,28,30,34-36,38,42-43H2,1-2H3. The van der Waals surface area contributed by atoms with E-state index in [4.69, 9.17) is 0 Å². The Morgan fingerprint density at radius 2 is 0.733 bits per heavy atom. The van der Waals surface area contributed by atoms with Crippen LogP contribution in [0, 0.1) is 0 Å². The molecule has 0 spiro atoms. The summed E-state index contributed by atoms with van der Waals surface area (Å²) < 4.78 is 11.1. The molecule has 6 aliphatic rings. The fourth-order valence-electron chi connectivity index (χ4n) is 18.9. The van der Waals surface area contributed by atoms with Crippen LogP contribution in [0.15, 0.2) is 200 Å². The molecule has 416 valence electrons. The van der Waals surface area contributed by atoms with Crippen LogP contribution in [0.2, 0.25) is 13.1 Å². The van der Waals surface area contributed by atoms with E-state index in [9.17, 15) is 0 Å². The van der Waals surface area contributed by atoms with Crippen molar-refractivity contribution in [2.45, 2.75) is 109 Å². The lowest BCUT2D eigenvalue weighted by molar-refractivity contribution is 0.667. The Balaban J connectivity index is 1.01. The van der Waals surface area contributed by atoms with Gasteiger partial charge >= 0.3 is 0 Å². The van der Waals surface area contributed by atoms with Crippen LogP contribution in [0.3, 0.4) is 0 Å². The second-order valence-corrected chi connectivity index (χ2v) is 34.8. The molecule has 4 nitrogen and oxygen atoms in total. The highest BCUT2D eigenvalue weighted by Crippen LogP contribution is 2.41. The first-order valence-corrected chi connectivity index (χ1v) is 37.6. The Labute approximate surface area is 506 Å². The van der Waals surface area contributed by atoms with Gasteiger partial charge in [0.15, 0.2) is 8.07 Å². The van der Waals surface area contributed by atoms with Crippen LogP contribution < -0.4 is 47.5 Å². The second-order valence-electron chi connectivity index (χ2n) is 26.8. The molecule has 0 bridgehead atoms. The summed E-state index contributed by atoms with van der Waals surface area (Å²) in [6.45, 7) is 5.51. The molecule has 6 heterocycles. The summed E-state index contributed by atoms with van der Waals surface area (Å²) in [4.78, 5) is 0. The third kappa shape index (κ3) is 6.65. The van der Waals surface area contributed by atoms with E-state index in [-0.39, 0.29) is 6.71 Å². The molecule has 19 rings (SSSR count). The van der Waals surface area contributed by atoms with Crippen LogP contribution in [0.1, 0.15) is 90.0 Å². The normalized spacial score (nSPS) is 16.9. The predicted octanol–water partition coefficient (Wildman–Crippen LogP) is 11.9. The van der Waals surface area contributed by atoms with Crippen molar-refractivity contribution >= 4 is 114 Å². The van der Waals surface area contributed by atoms with Crippen LogP contribution in [-0.2, 0) is 51.4 Å². The number of benzene rings is 9.